The number of ether oxygens (including phenoxy) is 2. The molecule has 0 fully saturated rings. The van der Waals surface area contributed by atoms with Gasteiger partial charge in [0.05, 0.1) is 7.11 Å². The maximum absolute atomic E-state index is 13.8. The van der Waals surface area contributed by atoms with Crippen LogP contribution in [0.2, 0.25) is 0 Å². The van der Waals surface area contributed by atoms with E-state index in [-0.39, 0.29) is 12.4 Å². The van der Waals surface area contributed by atoms with Gasteiger partial charge in [-0.2, -0.15) is 0 Å². The molecule has 21 heavy (non-hydrogen) atoms. The molecular formula is C16H17BrFNO2. The third-order valence-corrected chi connectivity index (χ3v) is 3.53. The molecule has 0 spiro atoms. The van der Waals surface area contributed by atoms with E-state index in [0.29, 0.717) is 22.3 Å². The Hall–Kier alpha value is -1.59. The molecule has 0 amide bonds. The lowest BCUT2D eigenvalue weighted by atomic mass is 10.2. The molecule has 0 unspecified atom stereocenters. The monoisotopic (exact) mass is 353 g/mol. The van der Waals surface area contributed by atoms with Crippen molar-refractivity contribution in [1.82, 2.24) is 5.32 Å². The molecule has 0 radical (unpaired) electrons. The average Bonchev–Trinajstić information content (AvgIpc) is 2.47. The Labute approximate surface area is 132 Å². The Kier molecular flexibility index (Phi) is 5.59. The third-order valence-electron chi connectivity index (χ3n) is 3.03. The minimum absolute atomic E-state index is 0.183. The summed E-state index contributed by atoms with van der Waals surface area (Å²) in [6.45, 7) is 0.831. The van der Waals surface area contributed by atoms with Gasteiger partial charge in [-0.15, -0.1) is 0 Å². The first-order valence-electron chi connectivity index (χ1n) is 6.52. The summed E-state index contributed by atoms with van der Waals surface area (Å²) in [6, 6.07) is 10.5. The number of hydrogen-bond acceptors (Lipinski definition) is 3. The van der Waals surface area contributed by atoms with Crippen molar-refractivity contribution in [2.45, 2.75) is 13.2 Å². The van der Waals surface area contributed by atoms with Crippen molar-refractivity contribution in [3.05, 3.63) is 57.8 Å². The van der Waals surface area contributed by atoms with Crippen LogP contribution in [0.1, 0.15) is 11.1 Å². The van der Waals surface area contributed by atoms with E-state index < -0.39 is 0 Å². The van der Waals surface area contributed by atoms with Crippen molar-refractivity contribution in [1.29, 1.82) is 0 Å². The Balaban J connectivity index is 2.15. The first-order chi connectivity index (χ1) is 10.1. The zero-order chi connectivity index (χ0) is 15.2. The van der Waals surface area contributed by atoms with Crippen LogP contribution in [0.4, 0.5) is 4.39 Å². The van der Waals surface area contributed by atoms with E-state index in [1.807, 2.05) is 25.2 Å². The first kappa shape index (κ1) is 15.8. The zero-order valence-corrected chi connectivity index (χ0v) is 13.5. The fraction of sp³-hybridized carbons (Fsp3) is 0.250. The van der Waals surface area contributed by atoms with E-state index in [2.05, 4.69) is 21.2 Å². The minimum atomic E-state index is -0.284. The summed E-state index contributed by atoms with van der Waals surface area (Å²) < 4.78 is 25.4. The van der Waals surface area contributed by atoms with Gasteiger partial charge >= 0.3 is 0 Å². The van der Waals surface area contributed by atoms with Crippen molar-refractivity contribution < 1.29 is 13.9 Å². The van der Waals surface area contributed by atoms with Gasteiger partial charge in [0.15, 0.2) is 0 Å². The van der Waals surface area contributed by atoms with Crippen molar-refractivity contribution in [3.8, 4) is 11.5 Å². The summed E-state index contributed by atoms with van der Waals surface area (Å²) in [5.41, 5.74) is 1.48. The minimum Gasteiger partial charge on any atom is -0.497 e. The Morgan fingerprint density at radius 3 is 2.62 bits per heavy atom. The van der Waals surface area contributed by atoms with Crippen molar-refractivity contribution in [3.63, 3.8) is 0 Å². The molecule has 112 valence electrons. The van der Waals surface area contributed by atoms with Gasteiger partial charge < -0.3 is 14.8 Å². The summed E-state index contributed by atoms with van der Waals surface area (Å²) >= 11 is 3.24. The molecule has 5 heteroatoms. The highest BCUT2D eigenvalue weighted by molar-refractivity contribution is 9.10. The van der Waals surface area contributed by atoms with Crippen molar-refractivity contribution in [2.24, 2.45) is 0 Å². The van der Waals surface area contributed by atoms with Crippen LogP contribution in [0.5, 0.6) is 11.5 Å². The standard InChI is InChI=1S/C16H17BrFNO2/c1-19-9-12-7-14(20-2)5-6-16(12)21-10-11-3-4-13(17)8-15(11)18/h3-8,19H,9-10H2,1-2H3. The molecule has 3 nitrogen and oxygen atoms in total. The average molecular weight is 354 g/mol. The molecule has 1 N–H and O–H groups in total. The van der Waals surface area contributed by atoms with Gasteiger partial charge in [0.25, 0.3) is 0 Å². The topological polar surface area (TPSA) is 30.5 Å². The lowest BCUT2D eigenvalue weighted by Gasteiger charge is -2.13. The summed E-state index contributed by atoms with van der Waals surface area (Å²) in [5.74, 6) is 1.20. The van der Waals surface area contributed by atoms with Crippen LogP contribution in [-0.4, -0.2) is 14.2 Å². The molecule has 0 saturated carbocycles. The van der Waals surface area contributed by atoms with Crippen LogP contribution < -0.4 is 14.8 Å². The summed E-state index contributed by atoms with van der Waals surface area (Å²) in [4.78, 5) is 0. The van der Waals surface area contributed by atoms with Crippen LogP contribution in [-0.2, 0) is 13.2 Å². The first-order valence-corrected chi connectivity index (χ1v) is 7.31. The smallest absolute Gasteiger partial charge is 0.130 e. The molecule has 0 aliphatic rings. The number of nitrogens with one attached hydrogen (secondary N) is 1. The van der Waals surface area contributed by atoms with Gasteiger partial charge in [0.1, 0.15) is 23.9 Å². The van der Waals surface area contributed by atoms with E-state index in [4.69, 9.17) is 9.47 Å². The number of rotatable bonds is 6. The molecule has 0 aliphatic carbocycles. The van der Waals surface area contributed by atoms with Gasteiger partial charge in [0.2, 0.25) is 0 Å². The number of halogens is 2. The van der Waals surface area contributed by atoms with Crippen LogP contribution in [0.15, 0.2) is 40.9 Å². The van der Waals surface area contributed by atoms with E-state index in [1.54, 1.807) is 19.2 Å². The highest BCUT2D eigenvalue weighted by Gasteiger charge is 2.08. The van der Waals surface area contributed by atoms with Gasteiger partial charge in [-0.25, -0.2) is 4.39 Å². The van der Waals surface area contributed by atoms with Gasteiger partial charge in [-0.05, 0) is 37.4 Å². The highest BCUT2D eigenvalue weighted by Crippen LogP contribution is 2.25. The summed E-state index contributed by atoms with van der Waals surface area (Å²) in [5, 5.41) is 3.08. The number of benzene rings is 2. The zero-order valence-electron chi connectivity index (χ0n) is 12.0. The number of hydrogen-bond donors (Lipinski definition) is 1. The second kappa shape index (κ2) is 7.43. The van der Waals surface area contributed by atoms with Crippen molar-refractivity contribution >= 4 is 15.9 Å². The van der Waals surface area contributed by atoms with Crippen LogP contribution in [0, 0.1) is 5.82 Å². The molecule has 0 saturated heterocycles. The van der Waals surface area contributed by atoms with E-state index in [9.17, 15) is 4.39 Å². The lowest BCUT2D eigenvalue weighted by Crippen LogP contribution is -2.08. The second-order valence-corrected chi connectivity index (χ2v) is 5.44. The second-order valence-electron chi connectivity index (χ2n) is 4.53. The highest BCUT2D eigenvalue weighted by atomic mass is 79.9. The fourth-order valence-electron chi connectivity index (χ4n) is 1.95. The van der Waals surface area contributed by atoms with E-state index in [1.165, 1.54) is 6.07 Å². The summed E-state index contributed by atoms with van der Waals surface area (Å²) in [6.07, 6.45) is 0. The molecule has 0 bridgehead atoms. The maximum atomic E-state index is 13.8. The van der Waals surface area contributed by atoms with Crippen LogP contribution in [0.3, 0.4) is 0 Å². The SMILES string of the molecule is CNCc1cc(OC)ccc1OCc1ccc(Br)cc1F. The fourth-order valence-corrected chi connectivity index (χ4v) is 2.28. The Morgan fingerprint density at radius 1 is 1.14 bits per heavy atom. The molecule has 2 aromatic rings. The third kappa shape index (κ3) is 4.19. The molecular weight excluding hydrogens is 337 g/mol. The quantitative estimate of drug-likeness (QED) is 0.854. The molecule has 2 rings (SSSR count). The van der Waals surface area contributed by atoms with Gasteiger partial charge in [0, 0.05) is 22.1 Å². The lowest BCUT2D eigenvalue weighted by molar-refractivity contribution is 0.295. The van der Waals surface area contributed by atoms with Crippen LogP contribution >= 0.6 is 15.9 Å². The summed E-state index contributed by atoms with van der Waals surface area (Å²) in [7, 11) is 3.48. The van der Waals surface area contributed by atoms with Crippen LogP contribution in [0.25, 0.3) is 0 Å². The largest absolute Gasteiger partial charge is 0.497 e. The maximum Gasteiger partial charge on any atom is 0.130 e. The molecule has 0 aromatic heterocycles. The normalized spacial score (nSPS) is 10.5. The van der Waals surface area contributed by atoms with E-state index >= 15 is 0 Å². The molecule has 0 heterocycles. The predicted octanol–water partition coefficient (Wildman–Crippen LogP) is 3.90. The van der Waals surface area contributed by atoms with Gasteiger partial charge in [-0.1, -0.05) is 22.0 Å². The van der Waals surface area contributed by atoms with Crippen molar-refractivity contribution in [2.75, 3.05) is 14.2 Å². The van der Waals surface area contributed by atoms with E-state index in [0.717, 1.165) is 11.3 Å². The van der Waals surface area contributed by atoms with Gasteiger partial charge in [-0.3, -0.25) is 0 Å². The molecule has 0 aliphatic heterocycles. The number of methoxy groups -OCH3 is 1. The molecule has 0 atom stereocenters. The Bertz CT molecular complexity index is 619. The predicted molar refractivity (Wildman–Crippen MR) is 84.2 cm³/mol. The molecule has 2 aromatic carbocycles. The Morgan fingerprint density at radius 2 is 1.95 bits per heavy atom.